The fourth-order valence-electron chi connectivity index (χ4n) is 1.18. The summed E-state index contributed by atoms with van der Waals surface area (Å²) in [5.41, 5.74) is 0. The van der Waals surface area contributed by atoms with Gasteiger partial charge < -0.3 is 15.2 Å². The summed E-state index contributed by atoms with van der Waals surface area (Å²) in [4.78, 5) is 4.03. The van der Waals surface area contributed by atoms with Crippen LogP contribution in [0.2, 0.25) is 10.0 Å². The first-order valence-corrected chi connectivity index (χ1v) is 5.61. The van der Waals surface area contributed by atoms with Crippen molar-refractivity contribution in [3.63, 3.8) is 0 Å². The minimum atomic E-state index is -0.483. The van der Waals surface area contributed by atoms with E-state index >= 15 is 0 Å². The second-order valence-electron chi connectivity index (χ2n) is 3.31. The molecular formula is C10H14Cl2N2O2. The van der Waals surface area contributed by atoms with Crippen molar-refractivity contribution < 1.29 is 9.84 Å². The van der Waals surface area contributed by atoms with Crippen molar-refractivity contribution in [2.75, 3.05) is 25.6 Å². The van der Waals surface area contributed by atoms with Gasteiger partial charge in [0.25, 0.3) is 0 Å². The molecule has 1 aromatic rings. The van der Waals surface area contributed by atoms with E-state index in [9.17, 15) is 5.11 Å². The number of nitrogens with one attached hydrogen (secondary N) is 1. The van der Waals surface area contributed by atoms with Crippen LogP contribution in [0.5, 0.6) is 0 Å². The van der Waals surface area contributed by atoms with E-state index in [1.165, 1.54) is 6.20 Å². The van der Waals surface area contributed by atoms with Crippen LogP contribution in [0.3, 0.4) is 0 Å². The quantitative estimate of drug-likeness (QED) is 0.827. The molecule has 0 aromatic carbocycles. The van der Waals surface area contributed by atoms with Crippen molar-refractivity contribution in [1.82, 2.24) is 4.98 Å². The van der Waals surface area contributed by atoms with E-state index < -0.39 is 6.10 Å². The van der Waals surface area contributed by atoms with Crippen molar-refractivity contribution >= 4 is 29.0 Å². The van der Waals surface area contributed by atoms with E-state index in [1.807, 2.05) is 0 Å². The maximum absolute atomic E-state index is 9.40. The lowest BCUT2D eigenvalue weighted by molar-refractivity contribution is 0.0615. The monoisotopic (exact) mass is 264 g/mol. The molecule has 6 heteroatoms. The van der Waals surface area contributed by atoms with Crippen molar-refractivity contribution in [2.45, 2.75) is 12.5 Å². The summed E-state index contributed by atoms with van der Waals surface area (Å²) in [6, 6.07) is 1.62. The number of hydrogen-bond acceptors (Lipinski definition) is 4. The average molecular weight is 265 g/mol. The van der Waals surface area contributed by atoms with Crippen LogP contribution in [0.15, 0.2) is 12.3 Å². The van der Waals surface area contributed by atoms with Gasteiger partial charge in [0.1, 0.15) is 5.82 Å². The molecule has 16 heavy (non-hydrogen) atoms. The third-order valence-corrected chi connectivity index (χ3v) is 2.43. The lowest BCUT2D eigenvalue weighted by Crippen LogP contribution is -2.18. The number of pyridine rings is 1. The van der Waals surface area contributed by atoms with Gasteiger partial charge in [-0.25, -0.2) is 4.98 Å². The van der Waals surface area contributed by atoms with E-state index in [1.54, 1.807) is 13.2 Å². The molecule has 1 aromatic heterocycles. The van der Waals surface area contributed by atoms with Gasteiger partial charge in [-0.15, -0.1) is 0 Å². The van der Waals surface area contributed by atoms with Gasteiger partial charge in [-0.1, -0.05) is 23.2 Å². The summed E-state index contributed by atoms with van der Waals surface area (Å²) >= 11 is 11.6. The standard InChI is InChI=1S/C10H14Cl2N2O2/c1-16-6-8(15)2-3-13-10-9(12)4-7(11)5-14-10/h4-5,8,15H,2-3,6H2,1H3,(H,13,14). The highest BCUT2D eigenvalue weighted by atomic mass is 35.5. The molecule has 0 saturated heterocycles. The Hall–Kier alpha value is -0.550. The summed E-state index contributed by atoms with van der Waals surface area (Å²) in [5.74, 6) is 0.565. The molecular weight excluding hydrogens is 251 g/mol. The number of ether oxygens (including phenoxy) is 1. The minimum absolute atomic E-state index is 0.323. The van der Waals surface area contributed by atoms with Gasteiger partial charge in [-0.2, -0.15) is 0 Å². The number of anilines is 1. The van der Waals surface area contributed by atoms with Gasteiger partial charge in [0.2, 0.25) is 0 Å². The number of methoxy groups -OCH3 is 1. The molecule has 1 rings (SSSR count). The lowest BCUT2D eigenvalue weighted by Gasteiger charge is -2.11. The molecule has 0 aliphatic carbocycles. The van der Waals surface area contributed by atoms with Crippen LogP contribution >= 0.6 is 23.2 Å². The largest absolute Gasteiger partial charge is 0.391 e. The second-order valence-corrected chi connectivity index (χ2v) is 4.15. The molecule has 0 spiro atoms. The number of aliphatic hydroxyl groups excluding tert-OH is 1. The smallest absolute Gasteiger partial charge is 0.144 e. The molecule has 0 saturated carbocycles. The van der Waals surface area contributed by atoms with Crippen molar-refractivity contribution in [3.8, 4) is 0 Å². The van der Waals surface area contributed by atoms with Crippen molar-refractivity contribution in [1.29, 1.82) is 0 Å². The molecule has 0 radical (unpaired) electrons. The van der Waals surface area contributed by atoms with Crippen LogP contribution in [0.4, 0.5) is 5.82 Å². The van der Waals surface area contributed by atoms with Crippen LogP contribution in [0.1, 0.15) is 6.42 Å². The Morgan fingerprint density at radius 1 is 1.56 bits per heavy atom. The number of hydrogen-bond donors (Lipinski definition) is 2. The molecule has 1 unspecified atom stereocenters. The number of nitrogens with zero attached hydrogens (tertiary/aromatic N) is 1. The molecule has 0 aliphatic rings. The maximum atomic E-state index is 9.40. The Morgan fingerprint density at radius 2 is 2.31 bits per heavy atom. The number of halogens is 2. The summed E-state index contributed by atoms with van der Waals surface area (Å²) in [7, 11) is 1.55. The molecule has 90 valence electrons. The molecule has 1 atom stereocenters. The zero-order valence-electron chi connectivity index (χ0n) is 8.91. The van der Waals surface area contributed by atoms with Crippen LogP contribution in [0, 0.1) is 0 Å². The highest BCUT2D eigenvalue weighted by Crippen LogP contribution is 2.22. The third-order valence-electron chi connectivity index (χ3n) is 1.94. The summed E-state index contributed by atoms with van der Waals surface area (Å²) in [6.45, 7) is 0.891. The third kappa shape index (κ3) is 4.53. The molecule has 4 nitrogen and oxygen atoms in total. The van der Waals surface area contributed by atoms with Crippen LogP contribution in [-0.2, 0) is 4.74 Å². The predicted octanol–water partition coefficient (Wildman–Crippen LogP) is 2.20. The minimum Gasteiger partial charge on any atom is -0.391 e. The van der Waals surface area contributed by atoms with Gasteiger partial charge in [0.15, 0.2) is 0 Å². The Bertz CT molecular complexity index is 337. The van der Waals surface area contributed by atoms with Crippen LogP contribution in [-0.4, -0.2) is 36.5 Å². The first-order valence-electron chi connectivity index (χ1n) is 4.85. The first kappa shape index (κ1) is 13.5. The summed E-state index contributed by atoms with van der Waals surface area (Å²) in [5, 5.41) is 13.4. The zero-order valence-corrected chi connectivity index (χ0v) is 10.4. The Kier molecular flexibility index (Phi) is 5.84. The fraction of sp³-hybridized carbons (Fsp3) is 0.500. The SMILES string of the molecule is COCC(O)CCNc1ncc(Cl)cc1Cl. The highest BCUT2D eigenvalue weighted by molar-refractivity contribution is 6.35. The number of aliphatic hydroxyl groups is 1. The van der Waals surface area contributed by atoms with Crippen molar-refractivity contribution in [2.24, 2.45) is 0 Å². The Labute approximate surface area is 105 Å². The van der Waals surface area contributed by atoms with E-state index in [0.717, 1.165) is 0 Å². The second kappa shape index (κ2) is 6.91. The summed E-state index contributed by atoms with van der Waals surface area (Å²) < 4.78 is 4.81. The van der Waals surface area contributed by atoms with Crippen LogP contribution < -0.4 is 5.32 Å². The zero-order chi connectivity index (χ0) is 12.0. The van der Waals surface area contributed by atoms with Gasteiger partial charge in [0.05, 0.1) is 22.8 Å². The van der Waals surface area contributed by atoms with Gasteiger partial charge in [-0.3, -0.25) is 0 Å². The Balaban J connectivity index is 2.37. The molecule has 0 aliphatic heterocycles. The number of rotatable bonds is 6. The van der Waals surface area contributed by atoms with Crippen LogP contribution in [0.25, 0.3) is 0 Å². The first-order chi connectivity index (χ1) is 7.63. The van der Waals surface area contributed by atoms with E-state index in [4.69, 9.17) is 27.9 Å². The fourth-order valence-corrected chi connectivity index (χ4v) is 1.62. The average Bonchev–Trinajstić information content (AvgIpc) is 2.22. The van der Waals surface area contributed by atoms with Gasteiger partial charge in [-0.05, 0) is 12.5 Å². The van der Waals surface area contributed by atoms with Gasteiger partial charge in [0, 0.05) is 19.9 Å². The Morgan fingerprint density at radius 3 is 2.94 bits per heavy atom. The topological polar surface area (TPSA) is 54.4 Å². The molecule has 0 bridgehead atoms. The van der Waals surface area contributed by atoms with Gasteiger partial charge >= 0.3 is 0 Å². The van der Waals surface area contributed by atoms with E-state index in [2.05, 4.69) is 10.3 Å². The summed E-state index contributed by atoms with van der Waals surface area (Å²) in [6.07, 6.45) is 1.60. The maximum Gasteiger partial charge on any atom is 0.144 e. The normalized spacial score (nSPS) is 12.5. The molecule has 1 heterocycles. The van der Waals surface area contributed by atoms with E-state index in [-0.39, 0.29) is 0 Å². The van der Waals surface area contributed by atoms with E-state index in [0.29, 0.717) is 35.4 Å². The highest BCUT2D eigenvalue weighted by Gasteiger charge is 2.05. The molecule has 0 amide bonds. The van der Waals surface area contributed by atoms with Crippen molar-refractivity contribution in [3.05, 3.63) is 22.3 Å². The molecule has 2 N–H and O–H groups in total. The molecule has 0 fully saturated rings. The lowest BCUT2D eigenvalue weighted by atomic mass is 10.2. The predicted molar refractivity (Wildman–Crippen MR) is 65.2 cm³/mol. The number of aromatic nitrogens is 1.